The molecule has 0 aliphatic heterocycles. The molecule has 1 aromatic rings. The molecule has 0 aliphatic carbocycles. The van der Waals surface area contributed by atoms with Gasteiger partial charge in [-0.2, -0.15) is 0 Å². The Hall–Kier alpha value is -2.06. The Morgan fingerprint density at radius 3 is 1.50 bits per heavy atom. The zero-order valence-electron chi connectivity index (χ0n) is 9.11. The molecule has 1 rings (SSSR count). The van der Waals surface area contributed by atoms with Crippen LogP contribution in [-0.2, 0) is 0 Å². The molecule has 1 aromatic carbocycles. The number of hydrogen-bond donors (Lipinski definition) is 0. The van der Waals surface area contributed by atoms with E-state index < -0.39 is 0 Å². The molecule has 0 heterocycles. The molecular formula is C14H14O2. The second-order valence-electron chi connectivity index (χ2n) is 3.08. The smallest absolute Gasteiger partial charge is 0.119 e. The zero-order valence-corrected chi connectivity index (χ0v) is 9.11. The predicted octanol–water partition coefficient (Wildman–Crippen LogP) is 2.49. The highest BCUT2D eigenvalue weighted by Gasteiger charge is 1.95. The van der Waals surface area contributed by atoms with Gasteiger partial charge in [-0.15, -0.1) is 24.7 Å². The molecule has 0 amide bonds. The lowest BCUT2D eigenvalue weighted by molar-refractivity contribution is 0.318. The summed E-state index contributed by atoms with van der Waals surface area (Å²) in [5.74, 6) is 6.61. The summed E-state index contributed by atoms with van der Waals surface area (Å²) in [6.45, 7) is 1.07. The zero-order chi connectivity index (χ0) is 11.6. The van der Waals surface area contributed by atoms with Crippen LogP contribution in [0.2, 0.25) is 0 Å². The van der Waals surface area contributed by atoms with Gasteiger partial charge < -0.3 is 9.47 Å². The Bertz CT molecular complexity index is 340. The summed E-state index contributed by atoms with van der Waals surface area (Å²) in [5.41, 5.74) is 0. The number of hydrogen-bond acceptors (Lipinski definition) is 2. The number of benzene rings is 1. The molecule has 0 fully saturated rings. The summed E-state index contributed by atoms with van der Waals surface area (Å²) in [7, 11) is 0. The third-order valence-electron chi connectivity index (χ3n) is 1.85. The minimum Gasteiger partial charge on any atom is -0.493 e. The normalized spacial score (nSPS) is 8.88. The number of terminal acetylenes is 2. The first-order valence-corrected chi connectivity index (χ1v) is 5.09. The van der Waals surface area contributed by atoms with Crippen LogP contribution in [0.1, 0.15) is 12.8 Å². The van der Waals surface area contributed by atoms with Crippen molar-refractivity contribution in [1.29, 1.82) is 0 Å². The molecule has 0 radical (unpaired) electrons. The molecule has 82 valence electrons. The molecule has 16 heavy (non-hydrogen) atoms. The molecule has 0 aliphatic rings. The third kappa shape index (κ3) is 4.44. The first-order valence-electron chi connectivity index (χ1n) is 5.09. The van der Waals surface area contributed by atoms with E-state index in [1.807, 2.05) is 24.3 Å². The molecule has 0 unspecified atom stereocenters. The van der Waals surface area contributed by atoms with E-state index in [1.54, 1.807) is 0 Å². The Kier molecular flexibility index (Phi) is 5.45. The van der Waals surface area contributed by atoms with Gasteiger partial charge in [-0.05, 0) is 24.3 Å². The van der Waals surface area contributed by atoms with Crippen molar-refractivity contribution in [2.24, 2.45) is 0 Å². The van der Waals surface area contributed by atoms with E-state index in [2.05, 4.69) is 11.8 Å². The molecule has 0 atom stereocenters. The lowest BCUT2D eigenvalue weighted by Crippen LogP contribution is -1.97. The second kappa shape index (κ2) is 7.26. The van der Waals surface area contributed by atoms with Gasteiger partial charge in [-0.25, -0.2) is 0 Å². The van der Waals surface area contributed by atoms with Gasteiger partial charge in [-0.3, -0.25) is 0 Å². The van der Waals surface area contributed by atoms with E-state index in [4.69, 9.17) is 22.3 Å². The van der Waals surface area contributed by atoms with Crippen LogP contribution in [0.15, 0.2) is 24.3 Å². The molecule has 0 saturated carbocycles. The van der Waals surface area contributed by atoms with E-state index in [1.165, 1.54) is 0 Å². The molecular weight excluding hydrogens is 200 g/mol. The van der Waals surface area contributed by atoms with Crippen molar-refractivity contribution in [3.8, 4) is 36.2 Å². The second-order valence-corrected chi connectivity index (χ2v) is 3.08. The van der Waals surface area contributed by atoms with Gasteiger partial charge in [0.1, 0.15) is 11.5 Å². The minimum atomic E-state index is 0.536. The summed E-state index contributed by atoms with van der Waals surface area (Å²) < 4.78 is 10.8. The SMILES string of the molecule is C#CCCOc1ccc(OCCC#C)cc1. The van der Waals surface area contributed by atoms with Gasteiger partial charge in [0.05, 0.1) is 13.2 Å². The summed E-state index contributed by atoms with van der Waals surface area (Å²) in [6.07, 6.45) is 11.5. The van der Waals surface area contributed by atoms with Crippen molar-refractivity contribution in [3.63, 3.8) is 0 Å². The largest absolute Gasteiger partial charge is 0.493 e. The molecule has 0 aromatic heterocycles. The van der Waals surface area contributed by atoms with Crippen LogP contribution in [0.25, 0.3) is 0 Å². The van der Waals surface area contributed by atoms with Gasteiger partial charge in [0.2, 0.25) is 0 Å². The van der Waals surface area contributed by atoms with Gasteiger partial charge in [0.15, 0.2) is 0 Å². The van der Waals surface area contributed by atoms with E-state index in [-0.39, 0.29) is 0 Å². The van der Waals surface area contributed by atoms with Crippen molar-refractivity contribution in [2.75, 3.05) is 13.2 Å². The monoisotopic (exact) mass is 214 g/mol. The van der Waals surface area contributed by atoms with Crippen molar-refractivity contribution >= 4 is 0 Å². The Balaban J connectivity index is 2.36. The van der Waals surface area contributed by atoms with Gasteiger partial charge >= 0.3 is 0 Å². The average molecular weight is 214 g/mol. The molecule has 2 nitrogen and oxygen atoms in total. The van der Waals surface area contributed by atoms with Crippen molar-refractivity contribution in [1.82, 2.24) is 0 Å². The minimum absolute atomic E-state index is 0.536. The summed E-state index contributed by atoms with van der Waals surface area (Å²) in [6, 6.07) is 7.40. The first-order chi connectivity index (χ1) is 7.86. The van der Waals surface area contributed by atoms with Gasteiger partial charge in [0.25, 0.3) is 0 Å². The van der Waals surface area contributed by atoms with E-state index in [0.29, 0.717) is 26.1 Å². The van der Waals surface area contributed by atoms with Gasteiger partial charge in [0, 0.05) is 12.8 Å². The topological polar surface area (TPSA) is 18.5 Å². The van der Waals surface area contributed by atoms with Crippen molar-refractivity contribution in [2.45, 2.75) is 12.8 Å². The highest BCUT2D eigenvalue weighted by atomic mass is 16.5. The molecule has 0 saturated heterocycles. The maximum Gasteiger partial charge on any atom is 0.119 e. The van der Waals surface area contributed by atoms with Crippen LogP contribution in [0.5, 0.6) is 11.5 Å². The standard InChI is InChI=1S/C14H14O2/c1-3-5-11-15-13-7-9-14(10-8-13)16-12-6-4-2/h1-2,7-10H,5-6,11-12H2. The third-order valence-corrected chi connectivity index (χ3v) is 1.85. The fraction of sp³-hybridized carbons (Fsp3) is 0.286. The van der Waals surface area contributed by atoms with Crippen LogP contribution < -0.4 is 9.47 Å². The average Bonchev–Trinajstić information content (AvgIpc) is 2.32. The molecule has 2 heteroatoms. The quantitative estimate of drug-likeness (QED) is 0.535. The van der Waals surface area contributed by atoms with E-state index in [0.717, 1.165) is 11.5 Å². The fourth-order valence-corrected chi connectivity index (χ4v) is 1.09. The molecule has 0 N–H and O–H groups in total. The molecule has 0 bridgehead atoms. The van der Waals surface area contributed by atoms with Crippen LogP contribution in [0.4, 0.5) is 0 Å². The van der Waals surface area contributed by atoms with Crippen molar-refractivity contribution in [3.05, 3.63) is 24.3 Å². The number of rotatable bonds is 6. The lowest BCUT2D eigenvalue weighted by Gasteiger charge is -2.06. The lowest BCUT2D eigenvalue weighted by atomic mass is 10.3. The Labute approximate surface area is 96.6 Å². The summed E-state index contributed by atoms with van der Waals surface area (Å²) in [5, 5.41) is 0. The summed E-state index contributed by atoms with van der Waals surface area (Å²) in [4.78, 5) is 0. The first kappa shape index (κ1) is 12.0. The Morgan fingerprint density at radius 2 is 1.19 bits per heavy atom. The van der Waals surface area contributed by atoms with E-state index >= 15 is 0 Å². The van der Waals surface area contributed by atoms with E-state index in [9.17, 15) is 0 Å². The fourth-order valence-electron chi connectivity index (χ4n) is 1.09. The Morgan fingerprint density at radius 1 is 0.812 bits per heavy atom. The van der Waals surface area contributed by atoms with Gasteiger partial charge in [-0.1, -0.05) is 0 Å². The van der Waals surface area contributed by atoms with Crippen LogP contribution in [-0.4, -0.2) is 13.2 Å². The molecule has 0 spiro atoms. The van der Waals surface area contributed by atoms with Crippen LogP contribution >= 0.6 is 0 Å². The van der Waals surface area contributed by atoms with Crippen LogP contribution in [0, 0.1) is 24.7 Å². The van der Waals surface area contributed by atoms with Crippen LogP contribution in [0.3, 0.4) is 0 Å². The predicted molar refractivity (Wildman–Crippen MR) is 64.3 cm³/mol. The number of ether oxygens (including phenoxy) is 2. The summed E-state index contributed by atoms with van der Waals surface area (Å²) >= 11 is 0. The maximum atomic E-state index is 5.40. The van der Waals surface area contributed by atoms with Crippen molar-refractivity contribution < 1.29 is 9.47 Å². The highest BCUT2D eigenvalue weighted by Crippen LogP contribution is 2.17. The highest BCUT2D eigenvalue weighted by molar-refractivity contribution is 5.31. The maximum absolute atomic E-state index is 5.40.